The predicted molar refractivity (Wildman–Crippen MR) is 53.9 cm³/mol. The van der Waals surface area contributed by atoms with Gasteiger partial charge in [-0.25, -0.2) is 8.78 Å². The summed E-state index contributed by atoms with van der Waals surface area (Å²) in [5, 5.41) is 2.65. The van der Waals surface area contributed by atoms with Crippen LogP contribution in [0.1, 0.15) is 19.8 Å². The molecule has 0 rings (SSSR count). The maximum absolute atomic E-state index is 11.6. The highest BCUT2D eigenvalue weighted by Gasteiger charge is 2.03. The Morgan fingerprint density at radius 1 is 1.53 bits per heavy atom. The van der Waals surface area contributed by atoms with E-state index < -0.39 is 13.0 Å². The second-order valence-corrected chi connectivity index (χ2v) is 2.92. The highest BCUT2D eigenvalue weighted by molar-refractivity contribution is 5.75. The molecule has 0 bridgehead atoms. The Bertz CT molecular complexity index is 196. The van der Waals surface area contributed by atoms with Crippen LogP contribution in [0.15, 0.2) is 12.2 Å². The maximum atomic E-state index is 11.6. The molecule has 3 nitrogen and oxygen atoms in total. The molecule has 0 aliphatic rings. The molecule has 5 heteroatoms. The minimum atomic E-state index is -2.47. The first kappa shape index (κ1) is 14.0. The van der Waals surface area contributed by atoms with Crippen molar-refractivity contribution in [3.05, 3.63) is 12.2 Å². The highest BCUT2D eigenvalue weighted by atomic mass is 19.3. The summed E-state index contributed by atoms with van der Waals surface area (Å²) in [7, 11) is 0. The van der Waals surface area contributed by atoms with Crippen LogP contribution < -0.4 is 5.32 Å². The predicted octanol–water partition coefficient (Wildman–Crippen LogP) is 1.74. The Morgan fingerprint density at radius 3 is 2.87 bits per heavy atom. The monoisotopic (exact) mass is 221 g/mol. The van der Waals surface area contributed by atoms with Crippen molar-refractivity contribution in [2.24, 2.45) is 0 Å². The zero-order valence-electron chi connectivity index (χ0n) is 8.84. The smallest absolute Gasteiger partial charge is 0.261 e. The molecule has 15 heavy (non-hydrogen) atoms. The quantitative estimate of drug-likeness (QED) is 0.501. The van der Waals surface area contributed by atoms with Crippen LogP contribution in [0.4, 0.5) is 8.78 Å². The summed E-state index contributed by atoms with van der Waals surface area (Å²) in [6.45, 7) is 1.91. The Kier molecular flexibility index (Phi) is 8.96. The average Bonchev–Trinajstić information content (AvgIpc) is 2.19. The van der Waals surface area contributed by atoms with Gasteiger partial charge in [-0.05, 0) is 13.3 Å². The third-order valence-electron chi connectivity index (χ3n) is 1.59. The van der Waals surface area contributed by atoms with E-state index in [1.165, 1.54) is 0 Å². The summed E-state index contributed by atoms with van der Waals surface area (Å²) in [5.41, 5.74) is 0. The number of rotatable bonds is 8. The molecule has 0 aliphatic heterocycles. The minimum absolute atomic E-state index is 0.0415. The van der Waals surface area contributed by atoms with Crippen LogP contribution in [-0.4, -0.2) is 32.1 Å². The van der Waals surface area contributed by atoms with Crippen LogP contribution in [-0.2, 0) is 9.53 Å². The first-order valence-electron chi connectivity index (χ1n) is 4.90. The van der Waals surface area contributed by atoms with E-state index in [4.69, 9.17) is 0 Å². The van der Waals surface area contributed by atoms with Gasteiger partial charge in [0.15, 0.2) is 0 Å². The Balaban J connectivity index is 3.26. The van der Waals surface area contributed by atoms with Gasteiger partial charge in [0.05, 0.1) is 6.61 Å². The minimum Gasteiger partial charge on any atom is -0.375 e. The van der Waals surface area contributed by atoms with Crippen molar-refractivity contribution in [3.8, 4) is 0 Å². The number of hydrogen-bond donors (Lipinski definition) is 1. The van der Waals surface area contributed by atoms with Crippen LogP contribution in [0.2, 0.25) is 0 Å². The zero-order valence-corrected chi connectivity index (χ0v) is 8.84. The molecule has 0 aliphatic carbocycles. The number of amides is 1. The Morgan fingerprint density at radius 2 is 2.27 bits per heavy atom. The number of carbonyl (C=O) groups excluding carboxylic acids is 1. The topological polar surface area (TPSA) is 38.3 Å². The summed E-state index contributed by atoms with van der Waals surface area (Å²) in [4.78, 5) is 11.0. The van der Waals surface area contributed by atoms with Gasteiger partial charge >= 0.3 is 0 Å². The molecule has 1 amide bonds. The van der Waals surface area contributed by atoms with Gasteiger partial charge in [-0.2, -0.15) is 0 Å². The van der Waals surface area contributed by atoms with Crippen molar-refractivity contribution in [2.75, 3.05) is 19.8 Å². The lowest BCUT2D eigenvalue weighted by Gasteiger charge is -2.04. The lowest BCUT2D eigenvalue weighted by molar-refractivity contribution is -0.122. The molecular weight excluding hydrogens is 204 g/mol. The largest absolute Gasteiger partial charge is 0.375 e. The van der Waals surface area contributed by atoms with Gasteiger partial charge in [0.2, 0.25) is 5.91 Å². The summed E-state index contributed by atoms with van der Waals surface area (Å²) >= 11 is 0. The van der Waals surface area contributed by atoms with Crippen LogP contribution in [0.3, 0.4) is 0 Å². The first-order chi connectivity index (χ1) is 7.16. The number of alkyl halides is 2. The Hall–Kier alpha value is -0.970. The van der Waals surface area contributed by atoms with Gasteiger partial charge in [-0.1, -0.05) is 12.2 Å². The summed E-state index contributed by atoms with van der Waals surface area (Å²) in [5.74, 6) is -0.172. The third-order valence-corrected chi connectivity index (χ3v) is 1.59. The SMILES string of the molecule is C/C=C/CCNC(=O)CCOCC(F)F. The van der Waals surface area contributed by atoms with E-state index in [0.717, 1.165) is 6.42 Å². The number of halogens is 2. The molecular formula is C10H17F2NO2. The molecule has 0 saturated heterocycles. The van der Waals surface area contributed by atoms with Gasteiger partial charge in [-0.3, -0.25) is 4.79 Å². The Labute approximate surface area is 88.5 Å². The second kappa shape index (κ2) is 9.58. The fourth-order valence-electron chi connectivity index (χ4n) is 0.887. The third kappa shape index (κ3) is 11.0. The van der Waals surface area contributed by atoms with Crippen molar-refractivity contribution >= 4 is 5.91 Å². The van der Waals surface area contributed by atoms with Gasteiger partial charge in [0.1, 0.15) is 6.61 Å². The van der Waals surface area contributed by atoms with Crippen molar-refractivity contribution in [1.29, 1.82) is 0 Å². The molecule has 0 aromatic heterocycles. The lowest BCUT2D eigenvalue weighted by atomic mass is 10.3. The average molecular weight is 221 g/mol. The van der Waals surface area contributed by atoms with Crippen LogP contribution in [0.5, 0.6) is 0 Å². The van der Waals surface area contributed by atoms with Gasteiger partial charge in [-0.15, -0.1) is 0 Å². The molecule has 0 heterocycles. The molecule has 0 atom stereocenters. The maximum Gasteiger partial charge on any atom is 0.261 e. The molecule has 0 saturated carbocycles. The van der Waals surface area contributed by atoms with E-state index in [9.17, 15) is 13.6 Å². The van der Waals surface area contributed by atoms with Gasteiger partial charge in [0.25, 0.3) is 6.43 Å². The molecule has 0 spiro atoms. The van der Waals surface area contributed by atoms with Crippen molar-refractivity contribution < 1.29 is 18.3 Å². The first-order valence-corrected chi connectivity index (χ1v) is 4.90. The molecule has 88 valence electrons. The number of carbonyl (C=O) groups is 1. The van der Waals surface area contributed by atoms with E-state index >= 15 is 0 Å². The van der Waals surface area contributed by atoms with Crippen molar-refractivity contribution in [3.63, 3.8) is 0 Å². The molecule has 0 aromatic carbocycles. The van der Waals surface area contributed by atoms with E-state index in [1.54, 1.807) is 0 Å². The molecule has 0 unspecified atom stereocenters. The number of nitrogens with one attached hydrogen (secondary N) is 1. The fourth-order valence-corrected chi connectivity index (χ4v) is 0.887. The van der Waals surface area contributed by atoms with Crippen molar-refractivity contribution in [2.45, 2.75) is 26.2 Å². The zero-order chi connectivity index (χ0) is 11.5. The van der Waals surface area contributed by atoms with Gasteiger partial charge in [0, 0.05) is 13.0 Å². The number of hydrogen-bond acceptors (Lipinski definition) is 2. The summed E-state index contributed by atoms with van der Waals surface area (Å²) < 4.78 is 27.8. The van der Waals surface area contributed by atoms with E-state index in [2.05, 4.69) is 10.1 Å². The molecule has 1 N–H and O–H groups in total. The lowest BCUT2D eigenvalue weighted by Crippen LogP contribution is -2.25. The fraction of sp³-hybridized carbons (Fsp3) is 0.700. The van der Waals surface area contributed by atoms with E-state index in [-0.39, 0.29) is 18.9 Å². The highest BCUT2D eigenvalue weighted by Crippen LogP contribution is 1.93. The summed E-state index contributed by atoms with van der Waals surface area (Å²) in [6.07, 6.45) is 2.27. The van der Waals surface area contributed by atoms with Gasteiger partial charge < -0.3 is 10.1 Å². The van der Waals surface area contributed by atoms with E-state index in [1.807, 2.05) is 19.1 Å². The summed E-state index contributed by atoms with van der Waals surface area (Å²) in [6, 6.07) is 0. The number of ether oxygens (including phenoxy) is 1. The van der Waals surface area contributed by atoms with E-state index in [0.29, 0.717) is 6.54 Å². The van der Waals surface area contributed by atoms with Crippen LogP contribution in [0.25, 0.3) is 0 Å². The molecule has 0 fully saturated rings. The van der Waals surface area contributed by atoms with Crippen LogP contribution >= 0.6 is 0 Å². The standard InChI is InChI=1S/C10H17F2NO2/c1-2-3-4-6-13-10(14)5-7-15-8-9(11)12/h2-3,9H,4-8H2,1H3,(H,13,14)/b3-2+. The number of allylic oxidation sites excluding steroid dienone is 1. The molecule has 0 radical (unpaired) electrons. The second-order valence-electron chi connectivity index (χ2n) is 2.92. The molecule has 0 aromatic rings. The van der Waals surface area contributed by atoms with Crippen LogP contribution in [0, 0.1) is 0 Å². The normalized spacial score (nSPS) is 11.2. The van der Waals surface area contributed by atoms with Crippen molar-refractivity contribution in [1.82, 2.24) is 5.32 Å².